The maximum atomic E-state index is 14.9. The summed E-state index contributed by atoms with van der Waals surface area (Å²) in [5.41, 5.74) is 0. The van der Waals surface area contributed by atoms with E-state index < -0.39 is 162 Å². The van der Waals surface area contributed by atoms with Crippen LogP contribution in [-0.2, 0) is 70.7 Å². The third-order valence-electron chi connectivity index (χ3n) is 22.8. The number of rotatable bonds is 74. The highest BCUT2D eigenvalue weighted by atomic mass is 31.2. The van der Waals surface area contributed by atoms with E-state index in [1.807, 2.05) is 0 Å². The van der Waals surface area contributed by atoms with Crippen molar-refractivity contribution in [3.63, 3.8) is 0 Å². The molecule has 0 amide bonds. The summed E-state index contributed by atoms with van der Waals surface area (Å²) in [6.07, 6.45) is 26.2. The Balaban J connectivity index is 1.94. The molecule has 0 aromatic rings. The summed E-state index contributed by atoms with van der Waals surface area (Å²) in [6.45, 7) is 7.85. The molecule has 19 atom stereocenters. The van der Waals surface area contributed by atoms with E-state index in [0.29, 0.717) is 44.4 Å². The molecule has 0 aromatic carbocycles. The van der Waals surface area contributed by atoms with Crippen molar-refractivity contribution in [1.82, 2.24) is 0 Å². The molecular formula is C90H165O25P. The fourth-order valence-corrected chi connectivity index (χ4v) is 16.3. The van der Waals surface area contributed by atoms with Crippen molar-refractivity contribution in [2.45, 2.75) is 492 Å². The largest absolute Gasteiger partial charge is 0.472 e. The lowest BCUT2D eigenvalue weighted by molar-refractivity contribution is -0.360. The molecule has 0 spiro atoms. The van der Waals surface area contributed by atoms with Gasteiger partial charge in [0.15, 0.2) is 24.8 Å². The van der Waals surface area contributed by atoms with Gasteiger partial charge in [0.1, 0.15) is 92.6 Å². The molecule has 26 heteroatoms. The van der Waals surface area contributed by atoms with E-state index in [2.05, 4.69) is 58.9 Å². The van der Waals surface area contributed by atoms with Gasteiger partial charge in [-0.3, -0.25) is 28.2 Å². The highest BCUT2D eigenvalue weighted by Gasteiger charge is 2.60. The van der Waals surface area contributed by atoms with Crippen LogP contribution in [-0.4, -0.2) is 205 Å². The SMILES string of the molecule is CCCCCC/C=C\CCCCCCCCCC(=O)OCC1OC(OC2C(OC(=O)CCCCCCCCC(C)CCCCCCCC)C(O)C(O)C(OC3OC(CO)C(O)C(O)C3O)C2OP(=O)(O)OCC(COC(=O)CCCCCCCCCCCCCCC)OC(=O)CCCCC/C=C\CCCCCCCC)C(O)C(O)C1O. The lowest BCUT2D eigenvalue weighted by atomic mass is 9.84. The molecule has 1 saturated carbocycles. The molecule has 680 valence electrons. The maximum Gasteiger partial charge on any atom is 0.472 e. The first kappa shape index (κ1) is 107. The summed E-state index contributed by atoms with van der Waals surface area (Å²) >= 11 is 0. The predicted octanol–water partition coefficient (Wildman–Crippen LogP) is 16.8. The number of carbonyl (C=O) groups is 4. The maximum absolute atomic E-state index is 14.9. The first-order valence-electron chi connectivity index (χ1n) is 46.5. The Kier molecular flexibility index (Phi) is 63.2. The topological polar surface area (TPSA) is 380 Å². The minimum Gasteiger partial charge on any atom is -0.463 e. The van der Waals surface area contributed by atoms with E-state index in [4.69, 9.17) is 46.9 Å². The molecule has 3 aliphatic rings. The molecule has 3 rings (SSSR count). The number of phosphoric ester groups is 1. The Morgan fingerprint density at radius 1 is 0.362 bits per heavy atom. The lowest BCUT2D eigenvalue weighted by Crippen LogP contribution is -2.70. The summed E-state index contributed by atoms with van der Waals surface area (Å²) in [5.74, 6) is -2.36. The fraction of sp³-hybridized carbons (Fsp3) is 0.911. The monoisotopic (exact) mass is 1680 g/mol. The van der Waals surface area contributed by atoms with Gasteiger partial charge in [-0.05, 0) is 83.0 Å². The van der Waals surface area contributed by atoms with Crippen molar-refractivity contribution in [2.75, 3.05) is 26.4 Å². The van der Waals surface area contributed by atoms with Gasteiger partial charge in [-0.25, -0.2) is 4.57 Å². The van der Waals surface area contributed by atoms with Crippen molar-refractivity contribution < 1.29 is 122 Å². The number of allylic oxidation sites excluding steroid dienone is 4. The first-order chi connectivity index (χ1) is 56.1. The number of hydrogen-bond donors (Lipinski definition) is 10. The van der Waals surface area contributed by atoms with Gasteiger partial charge in [-0.1, -0.05) is 309 Å². The average molecular weight is 1680 g/mol. The molecule has 2 heterocycles. The van der Waals surface area contributed by atoms with Gasteiger partial charge < -0.3 is 88.7 Å². The van der Waals surface area contributed by atoms with Crippen LogP contribution < -0.4 is 0 Å². The summed E-state index contributed by atoms with van der Waals surface area (Å²) < 4.78 is 73.4. The Labute approximate surface area is 698 Å². The van der Waals surface area contributed by atoms with Crippen molar-refractivity contribution >= 4 is 31.7 Å². The molecule has 19 unspecified atom stereocenters. The second-order valence-corrected chi connectivity index (χ2v) is 34.8. The van der Waals surface area contributed by atoms with Gasteiger partial charge in [0.2, 0.25) is 0 Å². The summed E-state index contributed by atoms with van der Waals surface area (Å²) in [6, 6.07) is 0. The number of ether oxygens (including phenoxy) is 8. The number of aliphatic hydroxyl groups excluding tert-OH is 9. The van der Waals surface area contributed by atoms with Gasteiger partial charge in [0, 0.05) is 25.7 Å². The quantitative estimate of drug-likeness (QED) is 0.00889. The molecule has 0 radical (unpaired) electrons. The Hall–Kier alpha value is -3.05. The number of esters is 4. The lowest BCUT2D eigenvalue weighted by Gasteiger charge is -2.50. The van der Waals surface area contributed by atoms with Crippen LogP contribution in [0.15, 0.2) is 24.3 Å². The highest BCUT2D eigenvalue weighted by molar-refractivity contribution is 7.47. The van der Waals surface area contributed by atoms with Crippen LogP contribution in [0.2, 0.25) is 0 Å². The highest BCUT2D eigenvalue weighted by Crippen LogP contribution is 2.49. The molecule has 2 aliphatic heterocycles. The van der Waals surface area contributed by atoms with Crippen molar-refractivity contribution in [2.24, 2.45) is 5.92 Å². The second-order valence-electron chi connectivity index (χ2n) is 33.4. The number of phosphoric acid groups is 1. The number of carbonyl (C=O) groups excluding carboxylic acids is 4. The van der Waals surface area contributed by atoms with E-state index in [9.17, 15) is 74.6 Å². The van der Waals surface area contributed by atoms with Crippen LogP contribution in [0.25, 0.3) is 0 Å². The van der Waals surface area contributed by atoms with Gasteiger partial charge in [0.25, 0.3) is 0 Å². The third-order valence-corrected chi connectivity index (χ3v) is 23.8. The minimum absolute atomic E-state index is 0.00867. The zero-order valence-electron chi connectivity index (χ0n) is 72.5. The summed E-state index contributed by atoms with van der Waals surface area (Å²) in [7, 11) is -5.81. The van der Waals surface area contributed by atoms with Crippen LogP contribution in [0.5, 0.6) is 0 Å². The molecule has 10 N–H and O–H groups in total. The zero-order chi connectivity index (χ0) is 84.8. The Bertz CT molecular complexity index is 2530. The second kappa shape index (κ2) is 68.4. The summed E-state index contributed by atoms with van der Waals surface area (Å²) in [5, 5.41) is 102. The van der Waals surface area contributed by atoms with E-state index in [-0.39, 0.29) is 25.7 Å². The predicted molar refractivity (Wildman–Crippen MR) is 449 cm³/mol. The molecule has 0 aromatic heterocycles. The van der Waals surface area contributed by atoms with Crippen molar-refractivity contribution in [1.29, 1.82) is 0 Å². The van der Waals surface area contributed by atoms with Crippen LogP contribution >= 0.6 is 7.82 Å². The third kappa shape index (κ3) is 48.7. The molecule has 116 heavy (non-hydrogen) atoms. The van der Waals surface area contributed by atoms with E-state index in [0.717, 1.165) is 141 Å². The molecule has 25 nitrogen and oxygen atoms in total. The fourth-order valence-electron chi connectivity index (χ4n) is 15.3. The number of hydrogen-bond acceptors (Lipinski definition) is 24. The normalized spacial score (nSPS) is 25.5. The van der Waals surface area contributed by atoms with Gasteiger partial charge >= 0.3 is 31.7 Å². The van der Waals surface area contributed by atoms with Crippen LogP contribution in [0.3, 0.4) is 0 Å². The van der Waals surface area contributed by atoms with Crippen molar-refractivity contribution in [3.05, 3.63) is 24.3 Å². The minimum atomic E-state index is -5.81. The Morgan fingerprint density at radius 2 is 0.698 bits per heavy atom. The molecule has 2 saturated heterocycles. The smallest absolute Gasteiger partial charge is 0.463 e. The first-order valence-corrected chi connectivity index (χ1v) is 48.0. The molecule has 3 fully saturated rings. The van der Waals surface area contributed by atoms with Crippen LogP contribution in [0, 0.1) is 5.92 Å². The zero-order valence-corrected chi connectivity index (χ0v) is 73.4. The number of unbranched alkanes of at least 4 members (excludes halogenated alkanes) is 42. The Morgan fingerprint density at radius 3 is 1.13 bits per heavy atom. The number of aliphatic hydroxyl groups is 9. The van der Waals surface area contributed by atoms with Gasteiger partial charge in [-0.2, -0.15) is 0 Å². The molecule has 0 bridgehead atoms. The van der Waals surface area contributed by atoms with E-state index >= 15 is 0 Å². The van der Waals surface area contributed by atoms with Gasteiger partial charge in [0.05, 0.1) is 13.2 Å². The molecular weight excluding hydrogens is 1510 g/mol. The van der Waals surface area contributed by atoms with E-state index in [1.165, 1.54) is 148 Å². The average Bonchev–Trinajstić information content (AvgIpc) is 0.755. The van der Waals surface area contributed by atoms with E-state index in [1.54, 1.807) is 0 Å². The standard InChI is InChI=1S/C90H165O25P/c1-6-10-14-18-22-25-28-31-32-35-37-40-43-50-56-62-74(93)107-68-72-78(97)80(99)84(103)90(111-72)114-87-85(112-76(95)64-58-52-46-45-48-54-60-69(5)59-53-47-21-17-13-9-4)81(100)82(101)86(113-89-83(102)79(98)77(96)71(65-91)110-89)88(87)115-116(104,105)108-67-70(109-75(94)63-57-51-44-41-38-34-30-27-24-20-16-12-8-3)66-106-73(92)61-55-49-42-39-36-33-29-26-23-19-15-11-7-2/h25,28,34,38,69-72,77-91,96-103H,6-24,26-27,29-33,35-37,39-68H2,1-5H3,(H,104,105)/b28-25-,38-34-. The summed E-state index contributed by atoms with van der Waals surface area (Å²) in [4.78, 5) is 66.4. The van der Waals surface area contributed by atoms with Crippen molar-refractivity contribution in [3.8, 4) is 0 Å². The molecule has 1 aliphatic carbocycles. The van der Waals surface area contributed by atoms with Crippen LogP contribution in [0.1, 0.15) is 388 Å². The van der Waals surface area contributed by atoms with Crippen LogP contribution in [0.4, 0.5) is 0 Å². The van der Waals surface area contributed by atoms with Gasteiger partial charge in [-0.15, -0.1) is 0 Å².